The van der Waals surface area contributed by atoms with Crippen LogP contribution >= 0.6 is 11.6 Å². The van der Waals surface area contributed by atoms with Gasteiger partial charge in [-0.25, -0.2) is 0 Å². The van der Waals surface area contributed by atoms with E-state index in [0.29, 0.717) is 25.0 Å². The van der Waals surface area contributed by atoms with Crippen molar-refractivity contribution in [2.45, 2.75) is 57.5 Å². The third-order valence-electron chi connectivity index (χ3n) is 6.46. The summed E-state index contributed by atoms with van der Waals surface area (Å²) in [5.74, 6) is 0.487. The Morgan fingerprint density at radius 3 is 2.72 bits per heavy atom. The second-order valence-electron chi connectivity index (χ2n) is 9.00. The summed E-state index contributed by atoms with van der Waals surface area (Å²) in [5.41, 5.74) is 2.27. The van der Waals surface area contributed by atoms with Crippen LogP contribution in [0.5, 0.6) is 5.75 Å². The first-order valence-corrected chi connectivity index (χ1v) is 11.9. The van der Waals surface area contributed by atoms with Crippen LogP contribution in [0, 0.1) is 5.92 Å². The van der Waals surface area contributed by atoms with Crippen LogP contribution in [0.25, 0.3) is 0 Å². The number of carbonyl (C=O) groups is 1. The average molecular weight is 459 g/mol. The van der Waals surface area contributed by atoms with Gasteiger partial charge in [0, 0.05) is 23.0 Å². The number of hydrogen-bond donors (Lipinski definition) is 3. The number of hydrogen-bond acceptors (Lipinski definition) is 4. The predicted octanol–water partition coefficient (Wildman–Crippen LogP) is 4.72. The summed E-state index contributed by atoms with van der Waals surface area (Å²) >= 11 is 6.09. The SMILES string of the molecule is C[C@@H]1C[C@](Cc2ccc(Cl)cc2)(NCCCOc2ccccc2CCC(=O)O)[C@@H](C)CN1. The van der Waals surface area contributed by atoms with Crippen LogP contribution in [-0.2, 0) is 17.6 Å². The van der Waals surface area contributed by atoms with Crippen LogP contribution < -0.4 is 15.4 Å². The molecule has 5 nitrogen and oxygen atoms in total. The second kappa shape index (κ2) is 11.7. The van der Waals surface area contributed by atoms with Gasteiger partial charge in [-0.2, -0.15) is 0 Å². The Kier molecular flexibility index (Phi) is 8.97. The molecule has 1 fully saturated rings. The molecule has 0 spiro atoms. The van der Waals surface area contributed by atoms with Crippen molar-refractivity contribution in [3.8, 4) is 5.75 Å². The maximum atomic E-state index is 10.9. The summed E-state index contributed by atoms with van der Waals surface area (Å²) in [7, 11) is 0. The lowest BCUT2D eigenvalue weighted by Crippen LogP contribution is -2.62. The number of halogens is 1. The van der Waals surface area contributed by atoms with Gasteiger partial charge in [0.05, 0.1) is 6.61 Å². The summed E-state index contributed by atoms with van der Waals surface area (Å²) < 4.78 is 6.01. The third kappa shape index (κ3) is 6.96. The molecule has 1 aliphatic heterocycles. The van der Waals surface area contributed by atoms with Gasteiger partial charge in [0.1, 0.15) is 5.75 Å². The molecule has 0 bridgehead atoms. The van der Waals surface area contributed by atoms with Crippen molar-refractivity contribution < 1.29 is 14.6 Å². The zero-order chi connectivity index (χ0) is 23.0. The molecule has 2 aromatic carbocycles. The van der Waals surface area contributed by atoms with E-state index in [2.05, 4.69) is 36.6 Å². The molecule has 2 aromatic rings. The molecule has 0 aliphatic carbocycles. The lowest BCUT2D eigenvalue weighted by Gasteiger charge is -2.47. The minimum atomic E-state index is -0.791. The van der Waals surface area contributed by atoms with Crippen LogP contribution in [0.4, 0.5) is 0 Å². The highest BCUT2D eigenvalue weighted by molar-refractivity contribution is 6.30. The third-order valence-corrected chi connectivity index (χ3v) is 6.71. The van der Waals surface area contributed by atoms with Crippen LogP contribution in [0.15, 0.2) is 48.5 Å². The minimum Gasteiger partial charge on any atom is -0.493 e. The van der Waals surface area contributed by atoms with Gasteiger partial charge in [-0.15, -0.1) is 0 Å². The maximum Gasteiger partial charge on any atom is 0.303 e. The summed E-state index contributed by atoms with van der Waals surface area (Å²) in [6.07, 6.45) is 3.51. The van der Waals surface area contributed by atoms with E-state index in [9.17, 15) is 4.79 Å². The fourth-order valence-electron chi connectivity index (χ4n) is 4.60. The molecule has 3 rings (SSSR count). The number of rotatable bonds is 11. The normalized spacial score (nSPS) is 23.1. The highest BCUT2D eigenvalue weighted by Crippen LogP contribution is 2.31. The summed E-state index contributed by atoms with van der Waals surface area (Å²) in [6, 6.07) is 16.4. The Labute approximate surface area is 196 Å². The molecule has 1 heterocycles. The lowest BCUT2D eigenvalue weighted by atomic mass is 9.73. The topological polar surface area (TPSA) is 70.6 Å². The first-order chi connectivity index (χ1) is 15.4. The van der Waals surface area contributed by atoms with Gasteiger partial charge in [0.25, 0.3) is 0 Å². The van der Waals surface area contributed by atoms with Gasteiger partial charge in [-0.3, -0.25) is 4.79 Å². The molecule has 174 valence electrons. The van der Waals surface area contributed by atoms with E-state index in [1.165, 1.54) is 5.56 Å². The zero-order valence-electron chi connectivity index (χ0n) is 19.1. The van der Waals surface area contributed by atoms with E-state index in [0.717, 1.165) is 48.7 Å². The smallest absolute Gasteiger partial charge is 0.303 e. The fourth-order valence-corrected chi connectivity index (χ4v) is 4.73. The van der Waals surface area contributed by atoms with E-state index >= 15 is 0 Å². The molecule has 0 radical (unpaired) electrons. The Morgan fingerprint density at radius 2 is 1.97 bits per heavy atom. The van der Waals surface area contributed by atoms with Gasteiger partial charge in [-0.05, 0) is 80.9 Å². The number of aliphatic carboxylic acids is 1. The second-order valence-corrected chi connectivity index (χ2v) is 9.44. The molecule has 0 aromatic heterocycles. The van der Waals surface area contributed by atoms with Gasteiger partial charge < -0.3 is 20.5 Å². The number of para-hydroxylation sites is 1. The van der Waals surface area contributed by atoms with E-state index in [1.54, 1.807) is 0 Å². The number of nitrogens with one attached hydrogen (secondary N) is 2. The number of ether oxygens (including phenoxy) is 1. The van der Waals surface area contributed by atoms with Crippen molar-refractivity contribution in [1.29, 1.82) is 0 Å². The zero-order valence-corrected chi connectivity index (χ0v) is 19.8. The molecule has 1 aliphatic rings. The van der Waals surface area contributed by atoms with Crippen molar-refractivity contribution in [3.05, 3.63) is 64.7 Å². The lowest BCUT2D eigenvalue weighted by molar-refractivity contribution is -0.136. The predicted molar refractivity (Wildman–Crippen MR) is 130 cm³/mol. The van der Waals surface area contributed by atoms with E-state index < -0.39 is 5.97 Å². The van der Waals surface area contributed by atoms with Gasteiger partial charge in [0.15, 0.2) is 0 Å². The molecular weight excluding hydrogens is 424 g/mol. The van der Waals surface area contributed by atoms with Gasteiger partial charge in [-0.1, -0.05) is 48.9 Å². The summed E-state index contributed by atoms with van der Waals surface area (Å²) in [6.45, 7) is 7.02. The average Bonchev–Trinajstić information content (AvgIpc) is 2.77. The standard InChI is InChI=1S/C26H35ClN2O3/c1-19-18-28-20(2)16-26(19,17-21-8-11-23(27)12-9-21)29-14-5-15-32-24-7-4-3-6-22(24)10-13-25(30)31/h3-4,6-9,11-12,19-20,28-29H,5,10,13-18H2,1-2H3,(H,30,31)/t19-,20+,26+/m0/s1. The molecule has 0 saturated carbocycles. The van der Waals surface area contributed by atoms with Crippen LogP contribution in [0.2, 0.25) is 5.02 Å². The first kappa shape index (κ1) is 24.6. The van der Waals surface area contributed by atoms with Gasteiger partial charge >= 0.3 is 5.97 Å². The van der Waals surface area contributed by atoms with E-state index in [4.69, 9.17) is 21.4 Å². The molecule has 0 unspecified atom stereocenters. The Balaban J connectivity index is 1.56. The number of benzene rings is 2. The van der Waals surface area contributed by atoms with Gasteiger partial charge in [0.2, 0.25) is 0 Å². The quantitative estimate of drug-likeness (QED) is 0.425. The molecule has 3 atom stereocenters. The minimum absolute atomic E-state index is 0.0257. The number of carboxylic acid groups (broad SMARTS) is 1. The highest BCUT2D eigenvalue weighted by Gasteiger charge is 2.40. The van der Waals surface area contributed by atoms with E-state index in [1.807, 2.05) is 36.4 Å². The molecule has 6 heteroatoms. The van der Waals surface area contributed by atoms with Crippen molar-refractivity contribution >= 4 is 17.6 Å². The number of aryl methyl sites for hydroxylation is 1. The molecule has 1 saturated heterocycles. The largest absolute Gasteiger partial charge is 0.493 e. The first-order valence-electron chi connectivity index (χ1n) is 11.5. The van der Waals surface area contributed by atoms with Crippen molar-refractivity contribution in [3.63, 3.8) is 0 Å². The van der Waals surface area contributed by atoms with Crippen molar-refractivity contribution in [1.82, 2.24) is 10.6 Å². The van der Waals surface area contributed by atoms with Crippen LogP contribution in [-0.4, -0.2) is 42.4 Å². The number of carboxylic acids is 1. The molecular formula is C26H35ClN2O3. The molecule has 32 heavy (non-hydrogen) atoms. The Hall–Kier alpha value is -2.08. The Morgan fingerprint density at radius 1 is 1.22 bits per heavy atom. The summed E-state index contributed by atoms with van der Waals surface area (Å²) in [5, 5.41) is 17.2. The fraction of sp³-hybridized carbons (Fsp3) is 0.500. The van der Waals surface area contributed by atoms with Crippen molar-refractivity contribution in [2.24, 2.45) is 5.92 Å². The molecule has 3 N–H and O–H groups in total. The number of piperidine rings is 1. The molecule has 0 amide bonds. The van der Waals surface area contributed by atoms with Crippen molar-refractivity contribution in [2.75, 3.05) is 19.7 Å². The Bertz CT molecular complexity index is 874. The van der Waals surface area contributed by atoms with Crippen LogP contribution in [0.3, 0.4) is 0 Å². The monoisotopic (exact) mass is 458 g/mol. The highest BCUT2D eigenvalue weighted by atomic mass is 35.5. The van der Waals surface area contributed by atoms with E-state index in [-0.39, 0.29) is 12.0 Å². The van der Waals surface area contributed by atoms with Crippen LogP contribution in [0.1, 0.15) is 44.2 Å². The maximum absolute atomic E-state index is 10.9. The summed E-state index contributed by atoms with van der Waals surface area (Å²) in [4.78, 5) is 10.9.